The normalized spacial score (nSPS) is 11.6. The van der Waals surface area contributed by atoms with Crippen LogP contribution < -0.4 is 14.8 Å². The van der Waals surface area contributed by atoms with Gasteiger partial charge in [-0.05, 0) is 43.7 Å². The molecular formula is C18H20FNO3. The molecule has 4 nitrogen and oxygen atoms in total. The number of benzene rings is 2. The van der Waals surface area contributed by atoms with Gasteiger partial charge in [0.05, 0.1) is 12.6 Å². The van der Waals surface area contributed by atoms with E-state index in [0.29, 0.717) is 18.1 Å². The molecule has 1 atom stereocenters. The lowest BCUT2D eigenvalue weighted by molar-refractivity contribution is -0.123. The first-order chi connectivity index (χ1) is 11.1. The van der Waals surface area contributed by atoms with E-state index in [0.717, 1.165) is 5.56 Å². The lowest BCUT2D eigenvalue weighted by Gasteiger charge is -2.15. The molecule has 0 aliphatic heterocycles. The first-order valence-electron chi connectivity index (χ1n) is 7.49. The number of ether oxygens (including phenoxy) is 2. The molecule has 2 aromatic rings. The Balaban J connectivity index is 1.89. The SMILES string of the molecule is CCOc1ccccc1OCC(=O)N[C@@H](C)c1ccc(F)cc1. The summed E-state index contributed by atoms with van der Waals surface area (Å²) < 4.78 is 23.9. The summed E-state index contributed by atoms with van der Waals surface area (Å²) >= 11 is 0. The van der Waals surface area contributed by atoms with Crippen LogP contribution in [0.2, 0.25) is 0 Å². The van der Waals surface area contributed by atoms with Gasteiger partial charge in [0.1, 0.15) is 5.82 Å². The van der Waals surface area contributed by atoms with E-state index < -0.39 is 0 Å². The summed E-state index contributed by atoms with van der Waals surface area (Å²) in [6.07, 6.45) is 0. The van der Waals surface area contributed by atoms with E-state index in [9.17, 15) is 9.18 Å². The van der Waals surface area contributed by atoms with Crippen molar-refractivity contribution in [2.24, 2.45) is 0 Å². The number of halogens is 1. The van der Waals surface area contributed by atoms with Crippen LogP contribution in [0.5, 0.6) is 11.5 Å². The second-order valence-corrected chi connectivity index (χ2v) is 5.01. The van der Waals surface area contributed by atoms with Gasteiger partial charge in [0.25, 0.3) is 5.91 Å². The number of carbonyl (C=O) groups is 1. The first kappa shape index (κ1) is 16.8. The minimum absolute atomic E-state index is 0.115. The molecule has 0 unspecified atom stereocenters. The largest absolute Gasteiger partial charge is 0.490 e. The average Bonchev–Trinajstić information content (AvgIpc) is 2.55. The number of hydrogen-bond acceptors (Lipinski definition) is 3. The van der Waals surface area contributed by atoms with Crippen LogP contribution in [-0.2, 0) is 4.79 Å². The molecule has 2 aromatic carbocycles. The van der Waals surface area contributed by atoms with Gasteiger partial charge < -0.3 is 14.8 Å². The third-order valence-electron chi connectivity index (χ3n) is 3.26. The number of hydrogen-bond donors (Lipinski definition) is 1. The monoisotopic (exact) mass is 317 g/mol. The van der Waals surface area contributed by atoms with Gasteiger partial charge in [-0.3, -0.25) is 4.79 Å². The van der Waals surface area contributed by atoms with Crippen molar-refractivity contribution < 1.29 is 18.7 Å². The molecular weight excluding hydrogens is 297 g/mol. The molecule has 5 heteroatoms. The van der Waals surface area contributed by atoms with Gasteiger partial charge >= 0.3 is 0 Å². The molecule has 0 aromatic heterocycles. The maximum atomic E-state index is 12.9. The highest BCUT2D eigenvalue weighted by Gasteiger charge is 2.11. The van der Waals surface area contributed by atoms with Gasteiger partial charge in [0.15, 0.2) is 18.1 Å². The highest BCUT2D eigenvalue weighted by atomic mass is 19.1. The molecule has 1 N–H and O–H groups in total. The van der Waals surface area contributed by atoms with E-state index >= 15 is 0 Å². The molecule has 0 aliphatic rings. The van der Waals surface area contributed by atoms with Crippen LogP contribution >= 0.6 is 0 Å². The molecule has 0 heterocycles. The van der Waals surface area contributed by atoms with Crippen LogP contribution in [0.15, 0.2) is 48.5 Å². The van der Waals surface area contributed by atoms with Crippen molar-refractivity contribution in [3.8, 4) is 11.5 Å². The summed E-state index contributed by atoms with van der Waals surface area (Å²) in [5.74, 6) is 0.574. The van der Waals surface area contributed by atoms with Crippen LogP contribution in [0.4, 0.5) is 4.39 Å². The Bertz CT molecular complexity index is 643. The fraction of sp³-hybridized carbons (Fsp3) is 0.278. The van der Waals surface area contributed by atoms with Crippen molar-refractivity contribution in [2.45, 2.75) is 19.9 Å². The molecule has 2 rings (SSSR count). The highest BCUT2D eigenvalue weighted by Crippen LogP contribution is 2.26. The van der Waals surface area contributed by atoms with Gasteiger partial charge in [0.2, 0.25) is 0 Å². The number of para-hydroxylation sites is 2. The molecule has 1 amide bonds. The van der Waals surface area contributed by atoms with Crippen molar-refractivity contribution in [3.05, 3.63) is 59.9 Å². The van der Waals surface area contributed by atoms with Crippen LogP contribution in [0.3, 0.4) is 0 Å². The smallest absolute Gasteiger partial charge is 0.258 e. The van der Waals surface area contributed by atoms with E-state index in [2.05, 4.69) is 5.32 Å². The molecule has 23 heavy (non-hydrogen) atoms. The first-order valence-corrected chi connectivity index (χ1v) is 7.49. The summed E-state index contributed by atoms with van der Waals surface area (Å²) in [6.45, 7) is 4.12. The fourth-order valence-corrected chi connectivity index (χ4v) is 2.11. The Hall–Kier alpha value is -2.56. The standard InChI is InChI=1S/C18H20FNO3/c1-3-22-16-6-4-5-7-17(16)23-12-18(21)20-13(2)14-8-10-15(19)11-9-14/h4-11,13H,3,12H2,1-2H3,(H,20,21)/t13-/m0/s1. The maximum absolute atomic E-state index is 12.9. The number of nitrogens with one attached hydrogen (secondary N) is 1. The zero-order valence-electron chi connectivity index (χ0n) is 13.2. The van der Waals surface area contributed by atoms with Crippen LogP contribution in [0.25, 0.3) is 0 Å². The van der Waals surface area contributed by atoms with Gasteiger partial charge in [-0.15, -0.1) is 0 Å². The number of rotatable bonds is 7. The summed E-state index contributed by atoms with van der Waals surface area (Å²) in [6, 6.07) is 13.0. The molecule has 0 saturated heterocycles. The van der Waals surface area contributed by atoms with E-state index in [-0.39, 0.29) is 24.4 Å². The Labute approximate surface area is 135 Å². The Morgan fingerprint density at radius 3 is 2.30 bits per heavy atom. The summed E-state index contributed by atoms with van der Waals surface area (Å²) in [7, 11) is 0. The lowest BCUT2D eigenvalue weighted by Crippen LogP contribution is -2.31. The van der Waals surface area contributed by atoms with Crippen molar-refractivity contribution in [1.29, 1.82) is 0 Å². The molecule has 0 radical (unpaired) electrons. The lowest BCUT2D eigenvalue weighted by atomic mass is 10.1. The average molecular weight is 317 g/mol. The van der Waals surface area contributed by atoms with Gasteiger partial charge in [-0.2, -0.15) is 0 Å². The molecule has 122 valence electrons. The number of carbonyl (C=O) groups excluding carboxylic acids is 1. The van der Waals surface area contributed by atoms with Crippen molar-refractivity contribution in [1.82, 2.24) is 5.32 Å². The second kappa shape index (κ2) is 8.17. The third kappa shape index (κ3) is 4.98. The van der Waals surface area contributed by atoms with E-state index in [1.807, 2.05) is 26.0 Å². The van der Waals surface area contributed by atoms with Gasteiger partial charge in [-0.25, -0.2) is 4.39 Å². The zero-order chi connectivity index (χ0) is 16.7. The molecule has 0 bridgehead atoms. The second-order valence-electron chi connectivity index (χ2n) is 5.01. The predicted octanol–water partition coefficient (Wildman–Crippen LogP) is 3.48. The van der Waals surface area contributed by atoms with Crippen molar-refractivity contribution >= 4 is 5.91 Å². The van der Waals surface area contributed by atoms with Crippen molar-refractivity contribution in [2.75, 3.05) is 13.2 Å². The number of amides is 1. The van der Waals surface area contributed by atoms with E-state index in [1.54, 1.807) is 24.3 Å². The molecule has 0 aliphatic carbocycles. The van der Waals surface area contributed by atoms with Gasteiger partial charge in [0, 0.05) is 0 Å². The fourth-order valence-electron chi connectivity index (χ4n) is 2.11. The zero-order valence-corrected chi connectivity index (χ0v) is 13.2. The van der Waals surface area contributed by atoms with Gasteiger partial charge in [-0.1, -0.05) is 24.3 Å². The minimum Gasteiger partial charge on any atom is -0.490 e. The van der Waals surface area contributed by atoms with Crippen LogP contribution in [0, 0.1) is 5.82 Å². The van der Waals surface area contributed by atoms with Crippen LogP contribution in [0.1, 0.15) is 25.5 Å². The highest BCUT2D eigenvalue weighted by molar-refractivity contribution is 5.78. The Morgan fingerprint density at radius 1 is 1.09 bits per heavy atom. The van der Waals surface area contributed by atoms with E-state index in [1.165, 1.54) is 12.1 Å². The summed E-state index contributed by atoms with van der Waals surface area (Å²) in [5.41, 5.74) is 0.828. The minimum atomic E-state index is -0.303. The quantitative estimate of drug-likeness (QED) is 0.850. The molecule has 0 spiro atoms. The predicted molar refractivity (Wildman–Crippen MR) is 86.1 cm³/mol. The van der Waals surface area contributed by atoms with Crippen LogP contribution in [-0.4, -0.2) is 19.1 Å². The van der Waals surface area contributed by atoms with Crippen molar-refractivity contribution in [3.63, 3.8) is 0 Å². The molecule has 0 saturated carbocycles. The third-order valence-corrected chi connectivity index (χ3v) is 3.26. The van der Waals surface area contributed by atoms with E-state index in [4.69, 9.17) is 9.47 Å². The topological polar surface area (TPSA) is 47.6 Å². The summed E-state index contributed by atoms with van der Waals surface area (Å²) in [5, 5.41) is 2.81. The molecule has 0 fully saturated rings. The maximum Gasteiger partial charge on any atom is 0.258 e. The Kier molecular flexibility index (Phi) is 5.97. The summed E-state index contributed by atoms with van der Waals surface area (Å²) in [4.78, 5) is 12.0. The Morgan fingerprint density at radius 2 is 1.70 bits per heavy atom.